The maximum absolute atomic E-state index is 12.5. The van der Waals surface area contributed by atoms with Crippen LogP contribution in [0.15, 0.2) is 123 Å². The molecule has 0 bridgehead atoms. The number of H-pyrrole nitrogens is 2. The van der Waals surface area contributed by atoms with Crippen LogP contribution in [0.2, 0.25) is 30.1 Å². The zero-order valence-corrected chi connectivity index (χ0v) is 82.7. The molecule has 127 heavy (non-hydrogen) atoms. The quantitative estimate of drug-likeness (QED) is 0.0593. The Morgan fingerprint density at radius 2 is 0.772 bits per heavy atom. The van der Waals surface area contributed by atoms with E-state index in [1.807, 2.05) is 114 Å². The number of nitrogens with two attached hydrogens (primary N) is 2. The molecule has 9 aliphatic rings. The predicted molar refractivity (Wildman–Crippen MR) is 511 cm³/mol. The number of imidazole rings is 6. The van der Waals surface area contributed by atoms with Gasteiger partial charge in [0.2, 0.25) is 0 Å². The highest BCUT2D eigenvalue weighted by atomic mass is 127. The highest BCUT2D eigenvalue weighted by Crippen LogP contribution is 2.74. The number of aliphatic hydroxyl groups is 1. The molecule has 7 N–H and O–H groups in total. The van der Waals surface area contributed by atoms with Crippen molar-refractivity contribution in [1.29, 1.82) is 0 Å². The van der Waals surface area contributed by atoms with Crippen LogP contribution in [0.1, 0.15) is 105 Å². The molecule has 3 saturated heterocycles. The molecule has 0 radical (unpaired) electrons. The summed E-state index contributed by atoms with van der Waals surface area (Å²) in [5, 5.41) is 13.5. The number of nitrogens with zero attached hydrogens (tertiary/aromatic N) is 16. The van der Waals surface area contributed by atoms with Crippen molar-refractivity contribution < 1.29 is 57.4 Å². The average Bonchev–Trinajstić information content (AvgIpc) is 1.49. The first-order valence-corrected chi connectivity index (χ1v) is 46.6. The van der Waals surface area contributed by atoms with Crippen LogP contribution < -0.4 is 20.9 Å². The van der Waals surface area contributed by atoms with Gasteiger partial charge in [0.25, 0.3) is 0 Å². The fraction of sp³-hybridized carbons (Fsp3) is 0.400. The topological polar surface area (TPSA) is 403 Å². The van der Waals surface area contributed by atoms with Crippen molar-refractivity contribution in [2.45, 2.75) is 167 Å². The lowest BCUT2D eigenvalue weighted by Crippen LogP contribution is -2.35. The van der Waals surface area contributed by atoms with E-state index in [1.54, 1.807) is 97.0 Å². The maximum Gasteiger partial charge on any atom is 0.180 e. The normalized spacial score (nSPS) is 26.7. The van der Waals surface area contributed by atoms with Gasteiger partial charge in [-0.05, 0) is 243 Å². The molecule has 32 nitrogen and oxygen atoms in total. The smallest absolute Gasteiger partial charge is 0.180 e. The van der Waals surface area contributed by atoms with Gasteiger partial charge in [-0.2, -0.15) is 0 Å². The molecule has 15 atom stereocenters. The largest absolute Gasteiger partial charge is 0.497 e. The van der Waals surface area contributed by atoms with Gasteiger partial charge in [-0.25, -0.2) is 59.8 Å². The number of hydrogen-bond acceptors (Lipinski definition) is 26. The van der Waals surface area contributed by atoms with Crippen molar-refractivity contribution in [3.63, 3.8) is 0 Å². The summed E-state index contributed by atoms with van der Waals surface area (Å²) in [6, 6.07) is 26.1. The first-order valence-electron chi connectivity index (χ1n) is 40.0. The van der Waals surface area contributed by atoms with Gasteiger partial charge in [0, 0.05) is 18.1 Å². The second-order valence-corrected chi connectivity index (χ2v) is 40.5. The molecule has 664 valence electrons. The summed E-state index contributed by atoms with van der Waals surface area (Å²) in [5.41, 5.74) is 20.6. The number of pyridine rings is 6. The van der Waals surface area contributed by atoms with Crippen molar-refractivity contribution in [2.75, 3.05) is 25.7 Å². The van der Waals surface area contributed by atoms with Gasteiger partial charge in [-0.15, -0.1) is 0 Å². The molecule has 7 unspecified atom stereocenters. The number of ketones is 3. The van der Waals surface area contributed by atoms with E-state index in [0.29, 0.717) is 88.4 Å². The van der Waals surface area contributed by atoms with Gasteiger partial charge in [0.15, 0.2) is 51.2 Å². The van der Waals surface area contributed by atoms with Gasteiger partial charge in [-0.1, -0.05) is 93.9 Å². The number of rotatable bonds is 11. The number of aliphatic hydroxyl groups excluding tert-OH is 1. The van der Waals surface area contributed by atoms with Crippen LogP contribution in [0.3, 0.4) is 0 Å². The number of nitrogen functional groups attached to an aromatic ring is 2. The number of benzene rings is 2. The number of fused-ring (bicyclic) bond motifs is 15. The highest BCUT2D eigenvalue weighted by molar-refractivity contribution is 14.1. The number of methoxy groups -OCH3 is 2. The number of aromatic amines is 2. The summed E-state index contributed by atoms with van der Waals surface area (Å²) in [6.07, 6.45) is 10.6. The van der Waals surface area contributed by atoms with Crippen LogP contribution in [0.5, 0.6) is 11.5 Å². The standard InChI is InChI=1S/2C17H17ClIN3O3.C14H11ClIN3O.C14H13ClN4O.C11H16O4.C6H3ClIN3.C6H5ClN4/c2*1-7(23)17-5-8(17)12(13-14(17)25-16(2,3)24-13)22-6-20-11-9(18)4-10(19)21-15(11)22;2*1-20-10-4-2-9(3-5-10)7-19-8-17-13-11(15)6-12(16)18-14(13)19;1-5(12)11-4-6(11)7(13)8-9(11)15-10(2,3)14-8;2*7-3-1-4(8)11-6-5(3)9-2-10-6/h2*4,6,8,12-14H,5H2,1-3H3;2-6,8H,7H2,1H3;2-6,8H,7H2,1H3,(H2,16,18);6-9,13H,4H2,1-3H3;1-2H,(H,9,10,11);1-2H,(H3,8,9,10,11)/t2*8?,12-,13+,14?,17+;;;6?,7?,8-,9?,11-;;/m11..0../s1. The summed E-state index contributed by atoms with van der Waals surface area (Å²) >= 11 is 45.2. The van der Waals surface area contributed by atoms with Crippen molar-refractivity contribution in [1.82, 2.24) is 88.0 Å². The Morgan fingerprint density at radius 1 is 0.441 bits per heavy atom. The molecule has 23 rings (SSSR count). The van der Waals surface area contributed by atoms with E-state index in [-0.39, 0.29) is 83.8 Å². The van der Waals surface area contributed by atoms with E-state index in [9.17, 15) is 19.5 Å². The second kappa shape index (κ2) is 35.0. The van der Waals surface area contributed by atoms with Gasteiger partial charge in [0.05, 0.1) is 130 Å². The fourth-order valence-corrected chi connectivity index (χ4v) is 23.2. The molecule has 0 amide bonds. The van der Waals surface area contributed by atoms with Crippen LogP contribution in [0, 0.1) is 48.8 Å². The van der Waals surface area contributed by atoms with E-state index in [4.69, 9.17) is 119 Å². The molecule has 6 aliphatic carbocycles. The molecule has 15 heterocycles. The minimum atomic E-state index is -0.695. The minimum Gasteiger partial charge on any atom is -0.497 e. The number of carbonyl (C=O) groups excluding carboxylic acids is 3. The number of carbonyl (C=O) groups is 3. The van der Waals surface area contributed by atoms with E-state index in [1.165, 1.54) is 6.33 Å². The molecule has 0 spiro atoms. The van der Waals surface area contributed by atoms with E-state index in [2.05, 4.69) is 160 Å². The van der Waals surface area contributed by atoms with Crippen LogP contribution in [0.25, 0.3) is 67.0 Å². The monoisotopic (exact) mass is 2290 g/mol. The maximum atomic E-state index is 12.5. The minimum absolute atomic E-state index is 0.0255. The summed E-state index contributed by atoms with van der Waals surface area (Å²) < 4.78 is 57.7. The third kappa shape index (κ3) is 17.3. The third-order valence-corrected chi connectivity index (χ3v) is 28.6. The number of hydrogen-bond donors (Lipinski definition) is 5. The fourth-order valence-electron chi connectivity index (χ4n) is 18.8. The Morgan fingerprint density at radius 3 is 1.20 bits per heavy atom. The van der Waals surface area contributed by atoms with Gasteiger partial charge < -0.3 is 82.7 Å². The van der Waals surface area contributed by atoms with Gasteiger partial charge >= 0.3 is 0 Å². The molecule has 6 saturated carbocycles. The lowest BCUT2D eigenvalue weighted by atomic mass is 9.95. The summed E-state index contributed by atoms with van der Waals surface area (Å²) in [7, 11) is 3.30. The molecule has 12 aromatic heterocycles. The number of anilines is 2. The molecule has 9 fully saturated rings. The Bertz CT molecular complexity index is 6300. The summed E-state index contributed by atoms with van der Waals surface area (Å²) in [4.78, 5) is 93.9. The van der Waals surface area contributed by atoms with Crippen LogP contribution in [-0.2, 0) is 55.9 Å². The molecule has 2 aromatic carbocycles. The molecule has 3 aliphatic heterocycles. The number of nitrogens with one attached hydrogen (secondary N) is 2. The molecular formula is C85H82Cl6I4N20O12. The van der Waals surface area contributed by atoms with Gasteiger partial charge in [-0.3, -0.25) is 14.4 Å². The second-order valence-electron chi connectivity index (χ2n) is 33.7. The predicted octanol–water partition coefficient (Wildman–Crippen LogP) is 17.1. The van der Waals surface area contributed by atoms with Crippen LogP contribution >= 0.6 is 160 Å². The lowest BCUT2D eigenvalue weighted by Gasteiger charge is -2.24. The first-order chi connectivity index (χ1) is 60.3. The zero-order valence-electron chi connectivity index (χ0n) is 69.5. The number of halogens is 10. The zero-order chi connectivity index (χ0) is 90.4. The Hall–Kier alpha value is -7.25. The van der Waals surface area contributed by atoms with Crippen LogP contribution in [0.4, 0.5) is 11.6 Å². The average molecular weight is 2300 g/mol. The van der Waals surface area contributed by atoms with E-state index < -0.39 is 39.7 Å². The lowest BCUT2D eigenvalue weighted by molar-refractivity contribution is -0.169. The van der Waals surface area contributed by atoms with Crippen molar-refractivity contribution in [2.24, 2.45) is 34.0 Å². The van der Waals surface area contributed by atoms with Crippen molar-refractivity contribution >= 4 is 256 Å². The summed E-state index contributed by atoms with van der Waals surface area (Å²) in [6.45, 7) is 17.5. The van der Waals surface area contributed by atoms with Crippen molar-refractivity contribution in [3.05, 3.63) is 179 Å². The van der Waals surface area contributed by atoms with Crippen molar-refractivity contribution in [3.8, 4) is 11.5 Å². The summed E-state index contributed by atoms with van der Waals surface area (Å²) in [5.74, 6) is 1.30. The van der Waals surface area contributed by atoms with E-state index in [0.717, 1.165) is 90.2 Å². The highest BCUT2D eigenvalue weighted by Gasteiger charge is 2.80. The Labute approximate surface area is 810 Å². The third-order valence-electron chi connectivity index (χ3n) is 24.6. The molecule has 14 aromatic rings. The Kier molecular flexibility index (Phi) is 25.3. The van der Waals surface area contributed by atoms with Crippen LogP contribution in [-0.4, -0.2) is 185 Å². The Balaban J connectivity index is 0.000000106. The SMILES string of the molecule is CC(=O)[C@@]12CC1C(O)[C@@H]1OC(C)(C)OC12.CC(=O)[C@@]12CC1[C@@H](n1cnc3c(Cl)cc(I)nc31)[C@@H]1OC(C)(C)OC12.CC(=O)[C@@]12CC1[C@@H](n1cnc3c(Cl)cc(I)nc31)[C@@H]1OC(C)(C)OC12.COc1ccc(Cn2cnc3c(Cl)cc(I)nc32)cc1.COc1ccc(Cn2cnc3c(Cl)cc(N)nc32)cc1.Clc1cc(I)nc2nc[nH]c12.Nc1cc(Cl)c2[nH]cnc2n1. The van der Waals surface area contributed by atoms with E-state index >= 15 is 0 Å². The first kappa shape index (κ1) is 91.6. The molecular weight excluding hydrogens is 2210 g/mol. The number of Topliss-reactive ketones (excluding diaryl/α,β-unsaturated/α-hetero) is 3. The van der Waals surface area contributed by atoms with Gasteiger partial charge in [0.1, 0.15) is 125 Å². The number of aromatic nitrogens is 18. The number of ether oxygens (including phenoxy) is 8. The molecule has 42 heteroatoms.